The van der Waals surface area contributed by atoms with Crippen LogP contribution in [0.25, 0.3) is 0 Å². The van der Waals surface area contributed by atoms with Crippen LogP contribution in [0.4, 0.5) is 4.79 Å². The van der Waals surface area contributed by atoms with E-state index in [9.17, 15) is 13.8 Å². The molecule has 3 rings (SSSR count). The molecule has 7 nitrogen and oxygen atoms in total. The van der Waals surface area contributed by atoms with Crippen molar-refractivity contribution in [1.29, 1.82) is 0 Å². The van der Waals surface area contributed by atoms with Crippen LogP contribution in [-0.2, 0) is 26.9 Å². The fourth-order valence-corrected chi connectivity index (χ4v) is 6.48. The van der Waals surface area contributed by atoms with Crippen molar-refractivity contribution in [3.63, 3.8) is 0 Å². The van der Waals surface area contributed by atoms with Crippen molar-refractivity contribution >= 4 is 22.8 Å². The number of carbonyl (C=O) groups is 2. The molecule has 2 fully saturated rings. The maximum Gasteiger partial charge on any atom is 0.408 e. The molecule has 2 atom stereocenters. The fraction of sp³-hybridized carbons (Fsp3) is 0.704. The highest BCUT2D eigenvalue weighted by molar-refractivity contribution is 7.85. The zero-order valence-corrected chi connectivity index (χ0v) is 22.4. The number of alkyl carbamates (subject to hydrolysis) is 1. The second kappa shape index (κ2) is 13.4. The van der Waals surface area contributed by atoms with Gasteiger partial charge in [0, 0.05) is 42.2 Å². The molecule has 0 aromatic heterocycles. The van der Waals surface area contributed by atoms with E-state index in [2.05, 4.69) is 39.8 Å². The van der Waals surface area contributed by atoms with Crippen molar-refractivity contribution in [3.8, 4) is 0 Å². The van der Waals surface area contributed by atoms with Gasteiger partial charge in [-0.1, -0.05) is 49.6 Å². The summed E-state index contributed by atoms with van der Waals surface area (Å²) in [7, 11) is -1.18. The normalized spacial score (nSPS) is 20.1. The quantitative estimate of drug-likeness (QED) is 0.530. The Hall–Kier alpha value is -1.93. The SMILES string of the molecule is CC(C)(C)OC(=O)NC(CS(=O)CC1CCCCC1)C(=O)NC1CCN(Cc2ccccc2)CC1. The molecule has 0 radical (unpaired) electrons. The number of piperidine rings is 1. The van der Waals surface area contributed by atoms with Gasteiger partial charge in [0.1, 0.15) is 11.6 Å². The molecule has 2 unspecified atom stereocenters. The topological polar surface area (TPSA) is 87.7 Å². The molecule has 1 saturated heterocycles. The fourth-order valence-electron chi connectivity index (χ4n) is 4.88. The van der Waals surface area contributed by atoms with E-state index in [4.69, 9.17) is 4.74 Å². The Balaban J connectivity index is 1.52. The molecule has 1 aromatic carbocycles. The van der Waals surface area contributed by atoms with Crippen molar-refractivity contribution in [3.05, 3.63) is 35.9 Å². The first-order chi connectivity index (χ1) is 16.7. The Kier molecular flexibility index (Phi) is 10.6. The molecule has 35 heavy (non-hydrogen) atoms. The van der Waals surface area contributed by atoms with Crippen molar-refractivity contribution in [2.45, 2.75) is 89.9 Å². The highest BCUT2D eigenvalue weighted by atomic mass is 32.2. The standard InChI is InChI=1S/C27H43N3O4S/c1-27(2,3)34-26(32)29-24(20-35(33)19-22-12-8-5-9-13-22)25(31)28-23-14-16-30(17-15-23)18-21-10-6-4-7-11-21/h4,6-7,10-11,22-24H,5,8-9,12-20H2,1-3H3,(H,28,31)(H,29,32). The van der Waals surface area contributed by atoms with Gasteiger partial charge in [0.2, 0.25) is 5.91 Å². The maximum absolute atomic E-state index is 13.2. The zero-order valence-electron chi connectivity index (χ0n) is 21.6. The average Bonchev–Trinajstić information content (AvgIpc) is 2.80. The summed E-state index contributed by atoms with van der Waals surface area (Å²) in [5, 5.41) is 5.81. The molecule has 1 saturated carbocycles. The van der Waals surface area contributed by atoms with Crippen LogP contribution in [0, 0.1) is 5.92 Å². The number of nitrogens with one attached hydrogen (secondary N) is 2. The van der Waals surface area contributed by atoms with Gasteiger partial charge >= 0.3 is 6.09 Å². The first kappa shape index (κ1) is 27.7. The molecule has 1 aromatic rings. The van der Waals surface area contributed by atoms with Gasteiger partial charge in [-0.05, 0) is 57.9 Å². The Morgan fingerprint density at radius 3 is 2.34 bits per heavy atom. The Morgan fingerprint density at radius 1 is 1.06 bits per heavy atom. The molecular weight excluding hydrogens is 462 g/mol. The number of nitrogens with zero attached hydrogens (tertiary/aromatic N) is 1. The number of rotatable bonds is 9. The van der Waals surface area contributed by atoms with Crippen LogP contribution in [0.15, 0.2) is 30.3 Å². The second-order valence-electron chi connectivity index (χ2n) is 11.0. The zero-order chi connectivity index (χ0) is 25.3. The van der Waals surface area contributed by atoms with E-state index in [1.54, 1.807) is 20.8 Å². The number of hydrogen-bond donors (Lipinski definition) is 2. The first-order valence-corrected chi connectivity index (χ1v) is 14.6. The van der Waals surface area contributed by atoms with Gasteiger partial charge in [-0.3, -0.25) is 13.9 Å². The van der Waals surface area contributed by atoms with E-state index in [0.29, 0.717) is 11.7 Å². The smallest absolute Gasteiger partial charge is 0.408 e. The Morgan fingerprint density at radius 2 is 1.71 bits per heavy atom. The molecule has 2 amide bonds. The monoisotopic (exact) mass is 505 g/mol. The van der Waals surface area contributed by atoms with Crippen molar-refractivity contribution in [2.24, 2.45) is 5.92 Å². The third-order valence-corrected chi connectivity index (χ3v) is 8.24. The summed E-state index contributed by atoms with van der Waals surface area (Å²) in [6, 6.07) is 9.58. The number of carbonyl (C=O) groups excluding carboxylic acids is 2. The number of amides is 2. The minimum Gasteiger partial charge on any atom is -0.444 e. The Bertz CT molecular complexity index is 829. The van der Waals surface area contributed by atoms with E-state index in [0.717, 1.165) is 45.3 Å². The van der Waals surface area contributed by atoms with E-state index in [1.807, 2.05) is 6.07 Å². The van der Waals surface area contributed by atoms with Crippen LogP contribution in [0.1, 0.15) is 71.3 Å². The number of likely N-dealkylation sites (tertiary alicyclic amines) is 1. The summed E-state index contributed by atoms with van der Waals surface area (Å²) in [5.74, 6) is 0.893. The Labute approximate surface area is 213 Å². The average molecular weight is 506 g/mol. The second-order valence-corrected chi connectivity index (χ2v) is 12.6. The van der Waals surface area contributed by atoms with Crippen LogP contribution in [0.2, 0.25) is 0 Å². The summed E-state index contributed by atoms with van der Waals surface area (Å²) in [5.41, 5.74) is 0.620. The molecule has 0 spiro atoms. The van der Waals surface area contributed by atoms with E-state index in [-0.39, 0.29) is 17.7 Å². The predicted molar refractivity (Wildman–Crippen MR) is 140 cm³/mol. The summed E-state index contributed by atoms with van der Waals surface area (Å²) in [6.45, 7) is 8.06. The van der Waals surface area contributed by atoms with E-state index < -0.39 is 28.5 Å². The molecule has 2 N–H and O–H groups in total. The van der Waals surface area contributed by atoms with Gasteiger partial charge in [-0.15, -0.1) is 0 Å². The lowest BCUT2D eigenvalue weighted by molar-refractivity contribution is -0.123. The van der Waals surface area contributed by atoms with E-state index in [1.165, 1.54) is 24.8 Å². The molecule has 8 heteroatoms. The summed E-state index contributed by atoms with van der Waals surface area (Å²) >= 11 is 0. The van der Waals surface area contributed by atoms with Gasteiger partial charge in [-0.2, -0.15) is 0 Å². The number of ether oxygens (including phenoxy) is 1. The van der Waals surface area contributed by atoms with Gasteiger partial charge in [0.15, 0.2) is 0 Å². The lowest BCUT2D eigenvalue weighted by Gasteiger charge is -2.33. The van der Waals surface area contributed by atoms with Crippen LogP contribution >= 0.6 is 0 Å². The molecule has 1 aliphatic heterocycles. The van der Waals surface area contributed by atoms with Gasteiger partial charge < -0.3 is 15.4 Å². The minimum atomic E-state index is -1.18. The number of hydrogen-bond acceptors (Lipinski definition) is 5. The maximum atomic E-state index is 13.2. The minimum absolute atomic E-state index is 0.0456. The van der Waals surface area contributed by atoms with E-state index >= 15 is 0 Å². The predicted octanol–water partition coefficient (Wildman–Crippen LogP) is 3.99. The third-order valence-electron chi connectivity index (χ3n) is 6.69. The molecule has 0 bridgehead atoms. The largest absolute Gasteiger partial charge is 0.444 e. The van der Waals surface area contributed by atoms with Crippen LogP contribution < -0.4 is 10.6 Å². The summed E-state index contributed by atoms with van der Waals surface area (Å²) in [6.07, 6.45) is 6.87. The van der Waals surface area contributed by atoms with Crippen molar-refractivity contribution < 1.29 is 18.5 Å². The van der Waals surface area contributed by atoms with Crippen LogP contribution in [-0.4, -0.2) is 63.4 Å². The van der Waals surface area contributed by atoms with Gasteiger partial charge in [-0.25, -0.2) is 4.79 Å². The summed E-state index contributed by atoms with van der Waals surface area (Å²) in [4.78, 5) is 28.0. The number of benzene rings is 1. The highest BCUT2D eigenvalue weighted by Gasteiger charge is 2.30. The first-order valence-electron chi connectivity index (χ1n) is 13.1. The van der Waals surface area contributed by atoms with Crippen molar-refractivity contribution in [1.82, 2.24) is 15.5 Å². The molecule has 1 aliphatic carbocycles. The molecule has 2 aliphatic rings. The third kappa shape index (κ3) is 10.3. The van der Waals surface area contributed by atoms with Crippen molar-refractivity contribution in [2.75, 3.05) is 24.6 Å². The highest BCUT2D eigenvalue weighted by Crippen LogP contribution is 2.24. The molecular formula is C27H43N3O4S. The molecule has 196 valence electrons. The lowest BCUT2D eigenvalue weighted by atomic mass is 9.91. The lowest BCUT2D eigenvalue weighted by Crippen LogP contribution is -2.54. The summed E-state index contributed by atoms with van der Waals surface area (Å²) < 4.78 is 18.3. The molecule has 1 heterocycles. The van der Waals surface area contributed by atoms with Crippen LogP contribution in [0.3, 0.4) is 0 Å². The van der Waals surface area contributed by atoms with Gasteiger partial charge in [0.05, 0.1) is 5.75 Å². The van der Waals surface area contributed by atoms with Gasteiger partial charge in [0.25, 0.3) is 0 Å². The van der Waals surface area contributed by atoms with Crippen LogP contribution in [0.5, 0.6) is 0 Å².